The number of amides is 1. The third kappa shape index (κ3) is 4.54. The molecule has 3 aromatic carbocycles. The van der Waals surface area contributed by atoms with E-state index < -0.39 is 17.5 Å². The highest BCUT2D eigenvalue weighted by Gasteiger charge is 2.28. The van der Waals surface area contributed by atoms with Crippen LogP contribution in [0.2, 0.25) is 0 Å². The molecule has 0 aliphatic carbocycles. The minimum absolute atomic E-state index is 0.0442. The van der Waals surface area contributed by atoms with E-state index in [0.29, 0.717) is 12.0 Å². The van der Waals surface area contributed by atoms with Crippen molar-refractivity contribution in [3.05, 3.63) is 107 Å². The van der Waals surface area contributed by atoms with E-state index in [1.165, 1.54) is 29.2 Å². The molecule has 3 aromatic rings. The van der Waals surface area contributed by atoms with Gasteiger partial charge in [0.05, 0.1) is 12.3 Å². The molecule has 0 aromatic heterocycles. The second kappa shape index (κ2) is 8.86. The Bertz CT molecular complexity index is 1070. The first-order valence-electron chi connectivity index (χ1n) is 9.66. The van der Waals surface area contributed by atoms with E-state index >= 15 is 0 Å². The fourth-order valence-electron chi connectivity index (χ4n) is 3.43. The number of nitrogens with zero attached hydrogens (tertiary/aromatic N) is 2. The molecule has 30 heavy (non-hydrogen) atoms. The van der Waals surface area contributed by atoms with Crippen molar-refractivity contribution in [3.8, 4) is 0 Å². The zero-order valence-corrected chi connectivity index (χ0v) is 16.2. The molecule has 1 atom stereocenters. The Labute approximate surface area is 173 Å². The molecule has 1 aliphatic heterocycles. The molecule has 4 nitrogen and oxygen atoms in total. The number of halogens is 2. The molecule has 1 amide bonds. The molecule has 0 saturated carbocycles. The number of carbonyl (C=O) groups is 1. The van der Waals surface area contributed by atoms with Crippen LogP contribution in [0.4, 0.5) is 8.78 Å². The monoisotopic (exact) mass is 406 g/mol. The lowest BCUT2D eigenvalue weighted by Crippen LogP contribution is -2.37. The van der Waals surface area contributed by atoms with E-state index in [2.05, 4.69) is 5.16 Å². The highest BCUT2D eigenvalue weighted by atomic mass is 19.1. The number of rotatable bonds is 6. The van der Waals surface area contributed by atoms with E-state index in [1.54, 1.807) is 24.3 Å². The molecule has 1 heterocycles. The molecule has 0 N–H and O–H groups in total. The van der Waals surface area contributed by atoms with Gasteiger partial charge in [0.25, 0.3) is 5.91 Å². The van der Waals surface area contributed by atoms with Crippen LogP contribution < -0.4 is 0 Å². The van der Waals surface area contributed by atoms with Crippen LogP contribution in [0, 0.1) is 11.6 Å². The van der Waals surface area contributed by atoms with Crippen molar-refractivity contribution in [2.75, 3.05) is 6.54 Å². The highest BCUT2D eigenvalue weighted by Crippen LogP contribution is 2.20. The Morgan fingerprint density at radius 3 is 2.53 bits per heavy atom. The summed E-state index contributed by atoms with van der Waals surface area (Å²) in [6.07, 6.45) is 0.151. The van der Waals surface area contributed by atoms with Crippen molar-refractivity contribution in [1.29, 1.82) is 0 Å². The van der Waals surface area contributed by atoms with Gasteiger partial charge in [0, 0.05) is 24.1 Å². The van der Waals surface area contributed by atoms with Crippen LogP contribution in [-0.4, -0.2) is 29.2 Å². The molecule has 0 saturated heterocycles. The van der Waals surface area contributed by atoms with Crippen molar-refractivity contribution in [2.24, 2.45) is 5.16 Å². The molecule has 1 unspecified atom stereocenters. The van der Waals surface area contributed by atoms with E-state index in [-0.39, 0.29) is 24.8 Å². The van der Waals surface area contributed by atoms with Crippen molar-refractivity contribution in [2.45, 2.75) is 19.1 Å². The first kappa shape index (κ1) is 19.8. The lowest BCUT2D eigenvalue weighted by Gasteiger charge is -2.25. The maximum atomic E-state index is 14.2. The predicted octanol–water partition coefficient (Wildman–Crippen LogP) is 4.80. The number of carbonyl (C=O) groups excluding carboxylic acids is 1. The quantitative estimate of drug-likeness (QED) is 0.590. The van der Waals surface area contributed by atoms with Crippen LogP contribution in [0.5, 0.6) is 0 Å². The summed E-state index contributed by atoms with van der Waals surface area (Å²) >= 11 is 0. The van der Waals surface area contributed by atoms with Gasteiger partial charge in [0.2, 0.25) is 0 Å². The average molecular weight is 406 g/mol. The van der Waals surface area contributed by atoms with Crippen molar-refractivity contribution in [3.63, 3.8) is 0 Å². The van der Waals surface area contributed by atoms with Gasteiger partial charge in [0.15, 0.2) is 6.10 Å². The smallest absolute Gasteiger partial charge is 0.254 e. The summed E-state index contributed by atoms with van der Waals surface area (Å²) < 4.78 is 27.9. The Balaban J connectivity index is 1.53. The van der Waals surface area contributed by atoms with Crippen molar-refractivity contribution >= 4 is 11.6 Å². The largest absolute Gasteiger partial charge is 0.390 e. The van der Waals surface area contributed by atoms with Crippen LogP contribution in [0.1, 0.15) is 27.9 Å². The van der Waals surface area contributed by atoms with Gasteiger partial charge < -0.3 is 9.74 Å². The number of benzene rings is 3. The molecular formula is C24H20F2N2O2. The Kier molecular flexibility index (Phi) is 5.84. The molecule has 4 rings (SSSR count). The van der Waals surface area contributed by atoms with Gasteiger partial charge in [-0.1, -0.05) is 59.8 Å². The second-order valence-electron chi connectivity index (χ2n) is 7.12. The summed E-state index contributed by atoms with van der Waals surface area (Å²) in [5.41, 5.74) is 2.33. The summed E-state index contributed by atoms with van der Waals surface area (Å²) in [6, 6.07) is 21.4. The van der Waals surface area contributed by atoms with E-state index in [0.717, 1.165) is 11.3 Å². The third-order valence-electron chi connectivity index (χ3n) is 4.94. The predicted molar refractivity (Wildman–Crippen MR) is 110 cm³/mol. The van der Waals surface area contributed by atoms with Crippen LogP contribution in [0.3, 0.4) is 0 Å². The molecule has 6 heteroatoms. The first-order valence-corrected chi connectivity index (χ1v) is 9.66. The Morgan fingerprint density at radius 1 is 1.00 bits per heavy atom. The minimum Gasteiger partial charge on any atom is -0.390 e. The maximum Gasteiger partial charge on any atom is 0.254 e. The van der Waals surface area contributed by atoms with Crippen molar-refractivity contribution in [1.82, 2.24) is 4.90 Å². The summed E-state index contributed by atoms with van der Waals surface area (Å²) in [5, 5.41) is 4.16. The van der Waals surface area contributed by atoms with Crippen LogP contribution in [-0.2, 0) is 11.4 Å². The Morgan fingerprint density at radius 2 is 1.77 bits per heavy atom. The molecule has 0 spiro atoms. The van der Waals surface area contributed by atoms with Gasteiger partial charge in [-0.2, -0.15) is 0 Å². The van der Waals surface area contributed by atoms with E-state index in [1.807, 2.05) is 30.3 Å². The third-order valence-corrected chi connectivity index (χ3v) is 4.94. The van der Waals surface area contributed by atoms with Crippen LogP contribution in [0.15, 0.2) is 84.0 Å². The highest BCUT2D eigenvalue weighted by molar-refractivity contribution is 6.01. The summed E-state index contributed by atoms with van der Waals surface area (Å²) in [6.45, 7) is 0.242. The van der Waals surface area contributed by atoms with Crippen LogP contribution in [0.25, 0.3) is 0 Å². The second-order valence-corrected chi connectivity index (χ2v) is 7.12. The standard InChI is InChI=1S/C24H20F2N2O2/c25-20-11-6-10-18(13-20)24(29)28(15-19-9-4-5-12-22(19)26)16-21-14-23(27-30-21)17-7-2-1-3-8-17/h1-13,21H,14-16H2. The number of hydrogen-bond acceptors (Lipinski definition) is 3. The number of hydrogen-bond donors (Lipinski definition) is 0. The normalized spacial score (nSPS) is 15.4. The van der Waals surface area contributed by atoms with Gasteiger partial charge >= 0.3 is 0 Å². The minimum atomic E-state index is -0.501. The van der Waals surface area contributed by atoms with Crippen LogP contribution >= 0.6 is 0 Å². The van der Waals surface area contributed by atoms with Gasteiger partial charge in [-0.05, 0) is 29.8 Å². The van der Waals surface area contributed by atoms with E-state index in [4.69, 9.17) is 4.84 Å². The molecular weight excluding hydrogens is 386 g/mol. The molecule has 0 fully saturated rings. The van der Waals surface area contributed by atoms with Gasteiger partial charge in [-0.25, -0.2) is 8.78 Å². The van der Waals surface area contributed by atoms with E-state index in [9.17, 15) is 13.6 Å². The van der Waals surface area contributed by atoms with Gasteiger partial charge in [0.1, 0.15) is 11.6 Å². The topological polar surface area (TPSA) is 41.9 Å². The van der Waals surface area contributed by atoms with Gasteiger partial charge in [-0.15, -0.1) is 0 Å². The fourth-order valence-corrected chi connectivity index (χ4v) is 3.43. The SMILES string of the molecule is O=C(c1cccc(F)c1)N(Cc1ccccc1F)CC1CC(c2ccccc2)=NO1. The first-order chi connectivity index (χ1) is 14.6. The zero-order chi connectivity index (χ0) is 20.9. The molecule has 1 aliphatic rings. The summed E-state index contributed by atoms with van der Waals surface area (Å²) in [4.78, 5) is 20.1. The number of oxime groups is 1. The van der Waals surface area contributed by atoms with Crippen molar-refractivity contribution < 1.29 is 18.4 Å². The zero-order valence-electron chi connectivity index (χ0n) is 16.2. The Hall–Kier alpha value is -3.54. The molecule has 0 bridgehead atoms. The van der Waals surface area contributed by atoms with Gasteiger partial charge in [-0.3, -0.25) is 4.79 Å². The average Bonchev–Trinajstić information content (AvgIpc) is 3.23. The summed E-state index contributed by atoms with van der Waals surface area (Å²) in [5.74, 6) is -1.30. The fraction of sp³-hybridized carbons (Fsp3) is 0.167. The lowest BCUT2D eigenvalue weighted by atomic mass is 10.0. The summed E-state index contributed by atoms with van der Waals surface area (Å²) in [7, 11) is 0. The maximum absolute atomic E-state index is 14.2. The lowest BCUT2D eigenvalue weighted by molar-refractivity contribution is 0.0402. The molecule has 0 radical (unpaired) electrons. The molecule has 152 valence electrons.